The van der Waals surface area contributed by atoms with Crippen LogP contribution in [0.3, 0.4) is 0 Å². The highest BCUT2D eigenvalue weighted by atomic mass is 16.5. The predicted octanol–water partition coefficient (Wildman–Crippen LogP) is 1.20. The van der Waals surface area contributed by atoms with Crippen LogP contribution in [-0.4, -0.2) is 17.5 Å². The molecule has 0 saturated heterocycles. The van der Waals surface area contributed by atoms with E-state index < -0.39 is 0 Å². The third kappa shape index (κ3) is 2.72. The molecule has 0 atom stereocenters. The largest absolute Gasteiger partial charge is 0.497 e. The van der Waals surface area contributed by atoms with Gasteiger partial charge in [0.2, 0.25) is 12.1 Å². The van der Waals surface area contributed by atoms with Crippen molar-refractivity contribution >= 4 is 5.78 Å². The molecule has 1 aromatic carbocycles. The number of ketones is 1. The molecule has 0 aliphatic rings. The molecule has 0 aliphatic carbocycles. The highest BCUT2D eigenvalue weighted by Gasteiger charge is 2.11. The van der Waals surface area contributed by atoms with Crippen LogP contribution in [0.5, 0.6) is 5.75 Å². The summed E-state index contributed by atoms with van der Waals surface area (Å²) < 4.78 is 8.85. The molecule has 4 nitrogen and oxygen atoms in total. The number of aryl methyl sites for hydroxylation is 1. The Labute approximate surface area is 100 Å². The van der Waals surface area contributed by atoms with Gasteiger partial charge in [-0.3, -0.25) is 4.79 Å². The molecule has 0 fully saturated rings. The molecule has 0 N–H and O–H groups in total. The van der Waals surface area contributed by atoms with E-state index in [-0.39, 0.29) is 5.78 Å². The Bertz CT molecular complexity index is 532. The number of methoxy groups -OCH3 is 1. The molecule has 0 aliphatic heterocycles. The van der Waals surface area contributed by atoms with Gasteiger partial charge >= 0.3 is 0 Å². The molecule has 0 bridgehead atoms. The summed E-state index contributed by atoms with van der Waals surface area (Å²) in [6.07, 6.45) is 5.65. The average Bonchev–Trinajstić information content (AvgIpc) is 2.75. The van der Waals surface area contributed by atoms with Gasteiger partial charge in [0.15, 0.2) is 6.54 Å². The number of Topliss-reactive ketones (excluding diaryl/α,β-unsaturated/α-hetero) is 1. The predicted molar refractivity (Wildman–Crippen MR) is 62.9 cm³/mol. The number of carbonyl (C=O) groups is 1. The van der Waals surface area contributed by atoms with Gasteiger partial charge in [0, 0.05) is 5.56 Å². The fourth-order valence-corrected chi connectivity index (χ4v) is 1.65. The number of carbonyl (C=O) groups excluding carboxylic acids is 1. The van der Waals surface area contributed by atoms with Gasteiger partial charge in [0.05, 0.1) is 14.2 Å². The van der Waals surface area contributed by atoms with E-state index in [1.807, 2.05) is 47.0 Å². The molecule has 1 aromatic heterocycles. The van der Waals surface area contributed by atoms with Crippen molar-refractivity contribution in [2.24, 2.45) is 7.05 Å². The van der Waals surface area contributed by atoms with Crippen molar-refractivity contribution in [3.05, 3.63) is 48.5 Å². The third-order valence-corrected chi connectivity index (χ3v) is 2.54. The second-order valence-corrected chi connectivity index (χ2v) is 3.91. The number of aromatic nitrogens is 2. The maximum absolute atomic E-state index is 12.0. The van der Waals surface area contributed by atoms with Crippen molar-refractivity contribution in [3.8, 4) is 5.75 Å². The van der Waals surface area contributed by atoms with E-state index in [4.69, 9.17) is 4.74 Å². The maximum Gasteiger partial charge on any atom is 0.243 e. The lowest BCUT2D eigenvalue weighted by atomic mass is 10.1. The van der Waals surface area contributed by atoms with Crippen LogP contribution >= 0.6 is 0 Å². The fourth-order valence-electron chi connectivity index (χ4n) is 1.65. The molecule has 2 aromatic rings. The quantitative estimate of drug-likeness (QED) is 0.585. The number of hydrogen-bond donors (Lipinski definition) is 0. The van der Waals surface area contributed by atoms with Gasteiger partial charge in [0.1, 0.15) is 18.1 Å². The van der Waals surface area contributed by atoms with Gasteiger partial charge in [-0.05, 0) is 12.1 Å². The first-order valence-electron chi connectivity index (χ1n) is 5.37. The Balaban J connectivity index is 2.14. The molecule has 0 spiro atoms. The first-order chi connectivity index (χ1) is 8.19. The number of rotatable bonds is 4. The summed E-state index contributed by atoms with van der Waals surface area (Å²) in [4.78, 5) is 12.0. The van der Waals surface area contributed by atoms with Gasteiger partial charge in [-0.2, -0.15) is 0 Å². The van der Waals surface area contributed by atoms with Crippen LogP contribution in [-0.2, 0) is 13.6 Å². The van der Waals surface area contributed by atoms with E-state index >= 15 is 0 Å². The lowest BCUT2D eigenvalue weighted by Gasteiger charge is -2.02. The van der Waals surface area contributed by atoms with E-state index in [0.29, 0.717) is 17.9 Å². The summed E-state index contributed by atoms with van der Waals surface area (Å²) in [6.45, 7) is 0.341. The summed E-state index contributed by atoms with van der Waals surface area (Å²) in [5.41, 5.74) is 0.667. The molecule has 88 valence electrons. The molecule has 17 heavy (non-hydrogen) atoms. The number of nitrogens with zero attached hydrogens (tertiary/aromatic N) is 2. The minimum absolute atomic E-state index is 0.0695. The molecular weight excluding hydrogens is 216 g/mol. The van der Waals surface area contributed by atoms with Crippen LogP contribution in [0.1, 0.15) is 10.4 Å². The Morgan fingerprint density at radius 3 is 2.94 bits per heavy atom. The van der Waals surface area contributed by atoms with Gasteiger partial charge in [-0.1, -0.05) is 12.1 Å². The zero-order valence-corrected chi connectivity index (χ0v) is 9.96. The van der Waals surface area contributed by atoms with E-state index in [9.17, 15) is 4.79 Å². The highest BCUT2D eigenvalue weighted by Crippen LogP contribution is 2.12. The molecule has 1 heterocycles. The van der Waals surface area contributed by atoms with Crippen molar-refractivity contribution in [1.29, 1.82) is 0 Å². The first kappa shape index (κ1) is 11.4. The summed E-state index contributed by atoms with van der Waals surface area (Å²) in [5, 5.41) is 0. The summed E-state index contributed by atoms with van der Waals surface area (Å²) in [7, 11) is 3.52. The van der Waals surface area contributed by atoms with Gasteiger partial charge < -0.3 is 4.74 Å². The van der Waals surface area contributed by atoms with Crippen molar-refractivity contribution in [2.75, 3.05) is 7.11 Å². The normalized spacial score (nSPS) is 10.2. The number of benzene rings is 1. The third-order valence-electron chi connectivity index (χ3n) is 2.54. The number of hydrogen-bond acceptors (Lipinski definition) is 2. The molecule has 2 rings (SSSR count). The van der Waals surface area contributed by atoms with Gasteiger partial charge in [-0.15, -0.1) is 0 Å². The second-order valence-electron chi connectivity index (χ2n) is 3.91. The monoisotopic (exact) mass is 231 g/mol. The lowest BCUT2D eigenvalue weighted by Crippen LogP contribution is -2.35. The van der Waals surface area contributed by atoms with Crippen molar-refractivity contribution in [2.45, 2.75) is 6.54 Å². The van der Waals surface area contributed by atoms with Gasteiger partial charge in [-0.25, -0.2) is 9.13 Å². The van der Waals surface area contributed by atoms with Crippen molar-refractivity contribution in [3.63, 3.8) is 0 Å². The van der Waals surface area contributed by atoms with E-state index in [1.54, 1.807) is 19.2 Å². The lowest BCUT2D eigenvalue weighted by molar-refractivity contribution is -0.682. The van der Waals surface area contributed by atoms with Crippen LogP contribution in [0.15, 0.2) is 43.0 Å². The Morgan fingerprint density at radius 1 is 1.47 bits per heavy atom. The SMILES string of the molecule is COc1cccc(C(=O)C[n+]2ccn(C)c2)c1. The Hall–Kier alpha value is -2.10. The average molecular weight is 231 g/mol. The highest BCUT2D eigenvalue weighted by molar-refractivity contribution is 5.95. The smallest absolute Gasteiger partial charge is 0.243 e. The molecule has 0 unspecified atom stereocenters. The summed E-state index contributed by atoms with van der Waals surface area (Å²) >= 11 is 0. The molecule has 0 amide bonds. The zero-order chi connectivity index (χ0) is 12.3. The summed E-state index contributed by atoms with van der Waals surface area (Å²) in [6, 6.07) is 7.20. The fraction of sp³-hybridized carbons (Fsp3) is 0.231. The Kier molecular flexibility index (Phi) is 3.23. The topological polar surface area (TPSA) is 35.1 Å². The minimum Gasteiger partial charge on any atom is -0.497 e. The van der Waals surface area contributed by atoms with Crippen LogP contribution in [0.4, 0.5) is 0 Å². The summed E-state index contributed by atoms with van der Waals surface area (Å²) in [5.74, 6) is 0.772. The standard InChI is InChI=1S/C13H15N2O2/c1-14-6-7-15(10-14)9-13(16)11-4-3-5-12(8-11)17-2/h3-8,10H,9H2,1-2H3/q+1. The number of imidazole rings is 1. The van der Waals surface area contributed by atoms with Crippen molar-refractivity contribution < 1.29 is 14.1 Å². The molecule has 0 radical (unpaired) electrons. The van der Waals surface area contributed by atoms with Crippen molar-refractivity contribution in [1.82, 2.24) is 4.57 Å². The molecular formula is C13H15N2O2+. The minimum atomic E-state index is 0.0695. The van der Waals surface area contributed by atoms with E-state index in [2.05, 4.69) is 0 Å². The zero-order valence-electron chi connectivity index (χ0n) is 9.96. The van der Waals surface area contributed by atoms with Crippen LogP contribution in [0.25, 0.3) is 0 Å². The van der Waals surface area contributed by atoms with Gasteiger partial charge in [0.25, 0.3) is 0 Å². The van der Waals surface area contributed by atoms with Crippen LogP contribution in [0, 0.1) is 0 Å². The number of ether oxygens (including phenoxy) is 1. The molecule has 4 heteroatoms. The van der Waals surface area contributed by atoms with E-state index in [1.165, 1.54) is 0 Å². The second kappa shape index (κ2) is 4.82. The maximum atomic E-state index is 12.0. The van der Waals surface area contributed by atoms with Crippen LogP contribution < -0.4 is 9.30 Å². The first-order valence-corrected chi connectivity index (χ1v) is 5.37. The van der Waals surface area contributed by atoms with E-state index in [0.717, 1.165) is 0 Å². The molecule has 0 saturated carbocycles. The van der Waals surface area contributed by atoms with Crippen LogP contribution in [0.2, 0.25) is 0 Å². The Morgan fingerprint density at radius 2 is 2.29 bits per heavy atom.